The van der Waals surface area contributed by atoms with Crippen molar-refractivity contribution < 1.29 is 24.5 Å². The third-order valence-corrected chi connectivity index (χ3v) is 9.52. The Morgan fingerprint density at radius 2 is 1.37 bits per heavy atom. The molecule has 0 N–H and O–H groups in total. The molecule has 9 rings (SSSR count). The number of pyridine rings is 1. The van der Waals surface area contributed by atoms with Gasteiger partial charge in [0.25, 0.3) is 0 Å². The molecule has 1 radical (unpaired) electrons. The predicted octanol–water partition coefficient (Wildman–Crippen LogP) is 12.6. The quantitative estimate of drug-likeness (QED) is 0.128. The molecule has 6 aromatic carbocycles. The second-order valence-corrected chi connectivity index (χ2v) is 13.5. The molecule has 0 saturated carbocycles. The maximum atomic E-state index is 6.57. The van der Waals surface area contributed by atoms with Crippen LogP contribution in [-0.2, 0) is 20.1 Å². The Morgan fingerprint density at radius 3 is 2.12 bits per heavy atom. The van der Waals surface area contributed by atoms with Crippen LogP contribution in [0.15, 0.2) is 144 Å². The van der Waals surface area contributed by atoms with Gasteiger partial charge < -0.3 is 9.40 Å². The van der Waals surface area contributed by atoms with Crippen LogP contribution in [0.25, 0.3) is 77.1 Å². The Balaban J connectivity index is 0.000000275. The molecule has 3 heterocycles. The normalized spacial score (nSPS) is 11.3. The van der Waals surface area contributed by atoms with Crippen molar-refractivity contribution in [3.63, 3.8) is 0 Å². The molecule has 4 nitrogen and oxygen atoms in total. The van der Waals surface area contributed by atoms with Crippen molar-refractivity contribution in [2.45, 2.75) is 39.5 Å². The van der Waals surface area contributed by atoms with Crippen molar-refractivity contribution in [3.8, 4) is 33.6 Å². The molecule has 5 heteroatoms. The average Bonchev–Trinajstić information content (AvgIpc) is 3.55. The van der Waals surface area contributed by atoms with Gasteiger partial charge in [0.1, 0.15) is 5.58 Å². The van der Waals surface area contributed by atoms with Gasteiger partial charge in [0.05, 0.1) is 11.8 Å². The minimum absolute atomic E-state index is 0. The van der Waals surface area contributed by atoms with E-state index >= 15 is 0 Å². The maximum Gasteiger partial charge on any atom is 0.121 e. The second kappa shape index (κ2) is 15.0. The average molecular weight is 852 g/mol. The summed E-state index contributed by atoms with van der Waals surface area (Å²) in [6.45, 7) is 8.98. The molecule has 0 spiro atoms. The van der Waals surface area contributed by atoms with E-state index in [1.54, 1.807) is 6.20 Å². The van der Waals surface area contributed by atoms with Gasteiger partial charge in [-0.3, -0.25) is 0 Å². The third kappa shape index (κ3) is 6.66. The first-order valence-corrected chi connectivity index (χ1v) is 17.5. The van der Waals surface area contributed by atoms with E-state index < -0.39 is 0 Å². The first-order chi connectivity index (χ1) is 25.0. The summed E-state index contributed by atoms with van der Waals surface area (Å²) in [5.74, 6) is 0.789. The van der Waals surface area contributed by atoms with E-state index in [1.165, 1.54) is 38.2 Å². The second-order valence-electron chi connectivity index (χ2n) is 13.5. The molecule has 3 aromatic heterocycles. The van der Waals surface area contributed by atoms with Gasteiger partial charge in [0.15, 0.2) is 0 Å². The summed E-state index contributed by atoms with van der Waals surface area (Å²) in [6, 6.07) is 50.3. The fraction of sp³-hybridized carbons (Fsp3) is 0.128. The topological polar surface area (TPSA) is 51.8 Å². The van der Waals surface area contributed by atoms with E-state index in [0.717, 1.165) is 50.0 Å². The van der Waals surface area contributed by atoms with Gasteiger partial charge in [0, 0.05) is 37.4 Å². The number of fused-ring (bicyclic) bond motifs is 6. The Hall–Kier alpha value is -5.48. The standard InChI is InChI=1S/C36H29N2O.C11H8N.Ir/c1-21(2)26-11-7-12-27(22(3)4)35(26)25-18-33(38-37-20-25)30-14-8-13-29-32-17-24-16-15-23-9-5-6-10-28(23)31(24)19-34(32)39-36(29)30;1-2-6-10(7-3-1)11-8-4-5-9-12-11;/h5-13,15-22H,1-4H3;1-6,8-9H;/q2*-1;. The zero-order chi connectivity index (χ0) is 34.9. The van der Waals surface area contributed by atoms with Crippen LogP contribution < -0.4 is 0 Å². The molecule has 0 aliphatic rings. The van der Waals surface area contributed by atoms with Gasteiger partial charge in [-0.2, -0.15) is 5.10 Å². The molecular formula is C47H37IrN3O-2. The van der Waals surface area contributed by atoms with Gasteiger partial charge in [-0.05, 0) is 79.5 Å². The zero-order valence-corrected chi connectivity index (χ0v) is 31.9. The van der Waals surface area contributed by atoms with Crippen molar-refractivity contribution in [1.82, 2.24) is 15.2 Å². The van der Waals surface area contributed by atoms with Crippen LogP contribution in [0.3, 0.4) is 0 Å². The monoisotopic (exact) mass is 852 g/mol. The summed E-state index contributed by atoms with van der Waals surface area (Å²) in [5, 5.41) is 16.0. The number of hydrogen-bond donors (Lipinski definition) is 0. The summed E-state index contributed by atoms with van der Waals surface area (Å²) >= 11 is 0. The van der Waals surface area contributed by atoms with Gasteiger partial charge in [-0.15, -0.1) is 54.1 Å². The molecule has 0 bridgehead atoms. The van der Waals surface area contributed by atoms with E-state index in [2.05, 4.69) is 134 Å². The molecule has 0 saturated heterocycles. The molecule has 0 amide bonds. The number of aromatic nitrogens is 3. The summed E-state index contributed by atoms with van der Waals surface area (Å²) in [6.07, 6.45) is 3.67. The van der Waals surface area contributed by atoms with E-state index in [4.69, 9.17) is 4.42 Å². The predicted molar refractivity (Wildman–Crippen MR) is 211 cm³/mol. The molecule has 0 fully saturated rings. The van der Waals surface area contributed by atoms with Gasteiger partial charge in [-0.25, -0.2) is 5.10 Å². The Morgan fingerprint density at radius 1 is 0.596 bits per heavy atom. The van der Waals surface area contributed by atoms with Gasteiger partial charge in [0.2, 0.25) is 0 Å². The van der Waals surface area contributed by atoms with Crippen LogP contribution in [0, 0.1) is 12.1 Å². The molecular weight excluding hydrogens is 815 g/mol. The molecule has 0 unspecified atom stereocenters. The number of furan rings is 1. The molecule has 9 aromatic rings. The fourth-order valence-electron chi connectivity index (χ4n) is 7.02. The zero-order valence-electron chi connectivity index (χ0n) is 29.5. The maximum absolute atomic E-state index is 6.57. The van der Waals surface area contributed by atoms with Crippen LogP contribution in [0.1, 0.15) is 50.7 Å². The minimum atomic E-state index is 0. The smallest absolute Gasteiger partial charge is 0.121 e. The van der Waals surface area contributed by atoms with Crippen molar-refractivity contribution in [3.05, 3.63) is 163 Å². The molecule has 0 aliphatic carbocycles. The largest absolute Gasteiger partial charge is 0.501 e. The summed E-state index contributed by atoms with van der Waals surface area (Å²) < 4.78 is 6.57. The SMILES string of the molecule is CC(C)c1cccc(C(C)C)c1-c1cnnc(-c2[c-]ccc3c2oc2cc4c(ccc5ccccc54)cc23)c1.[Ir].[c-]1ccccc1-c1ccccn1. The first-order valence-electron chi connectivity index (χ1n) is 17.5. The number of rotatable bonds is 5. The van der Waals surface area contributed by atoms with Gasteiger partial charge in [-0.1, -0.05) is 111 Å². The van der Waals surface area contributed by atoms with E-state index in [0.29, 0.717) is 11.8 Å². The van der Waals surface area contributed by atoms with E-state index in [1.807, 2.05) is 54.7 Å². The Bertz CT molecular complexity index is 2580. The molecule has 257 valence electrons. The van der Waals surface area contributed by atoms with Crippen LogP contribution in [0.4, 0.5) is 0 Å². The van der Waals surface area contributed by atoms with Crippen molar-refractivity contribution >= 4 is 43.5 Å². The summed E-state index contributed by atoms with van der Waals surface area (Å²) in [5.41, 5.74) is 10.2. The van der Waals surface area contributed by atoms with Crippen LogP contribution in [-0.4, -0.2) is 15.2 Å². The third-order valence-electron chi connectivity index (χ3n) is 9.52. The fourth-order valence-corrected chi connectivity index (χ4v) is 7.02. The van der Waals surface area contributed by atoms with Gasteiger partial charge >= 0.3 is 0 Å². The Labute approximate surface area is 317 Å². The van der Waals surface area contributed by atoms with Crippen LogP contribution in [0.5, 0.6) is 0 Å². The molecule has 0 aliphatic heterocycles. The summed E-state index contributed by atoms with van der Waals surface area (Å²) in [4.78, 5) is 4.22. The van der Waals surface area contributed by atoms with Crippen molar-refractivity contribution in [1.29, 1.82) is 0 Å². The van der Waals surface area contributed by atoms with Crippen molar-refractivity contribution in [2.24, 2.45) is 0 Å². The molecule has 0 atom stereocenters. The van der Waals surface area contributed by atoms with Crippen LogP contribution in [0.2, 0.25) is 0 Å². The summed E-state index contributed by atoms with van der Waals surface area (Å²) in [7, 11) is 0. The van der Waals surface area contributed by atoms with E-state index in [9.17, 15) is 0 Å². The number of hydrogen-bond acceptors (Lipinski definition) is 4. The Kier molecular flexibility index (Phi) is 10.1. The van der Waals surface area contributed by atoms with E-state index in [-0.39, 0.29) is 20.1 Å². The van der Waals surface area contributed by atoms with Crippen molar-refractivity contribution in [2.75, 3.05) is 0 Å². The number of benzene rings is 6. The first kappa shape index (κ1) is 34.9. The molecule has 52 heavy (non-hydrogen) atoms. The minimum Gasteiger partial charge on any atom is -0.501 e. The van der Waals surface area contributed by atoms with Crippen LogP contribution >= 0.6 is 0 Å². The number of nitrogens with zero attached hydrogens (tertiary/aromatic N) is 3.